The summed E-state index contributed by atoms with van der Waals surface area (Å²) in [4.78, 5) is 16.3. The lowest BCUT2D eigenvalue weighted by atomic mass is 10.0. The van der Waals surface area contributed by atoms with E-state index in [0.29, 0.717) is 26.2 Å². The van der Waals surface area contributed by atoms with E-state index >= 15 is 0 Å². The summed E-state index contributed by atoms with van der Waals surface area (Å²) in [5, 5.41) is 2.84. The molecule has 0 atom stereocenters. The fourth-order valence-corrected chi connectivity index (χ4v) is 2.19. The van der Waals surface area contributed by atoms with E-state index in [1.54, 1.807) is 7.11 Å². The molecule has 1 rings (SSSR count). The third-order valence-electron chi connectivity index (χ3n) is 3.72. The molecule has 1 aliphatic heterocycles. The van der Waals surface area contributed by atoms with Crippen LogP contribution in [0.4, 0.5) is 0 Å². The molecule has 1 heterocycles. The molecule has 19 heavy (non-hydrogen) atoms. The van der Waals surface area contributed by atoms with Crippen molar-refractivity contribution in [1.29, 1.82) is 0 Å². The van der Waals surface area contributed by atoms with Gasteiger partial charge in [-0.05, 0) is 13.8 Å². The number of ether oxygens (including phenoxy) is 1. The van der Waals surface area contributed by atoms with Crippen LogP contribution >= 0.6 is 0 Å². The highest BCUT2D eigenvalue weighted by Crippen LogP contribution is 2.15. The Morgan fingerprint density at radius 1 is 1.32 bits per heavy atom. The highest BCUT2D eigenvalue weighted by atomic mass is 16.5. The second kappa shape index (κ2) is 7.79. The summed E-state index contributed by atoms with van der Waals surface area (Å²) in [6, 6.07) is 0. The van der Waals surface area contributed by atoms with E-state index in [2.05, 4.69) is 29.0 Å². The second-order valence-corrected chi connectivity index (χ2v) is 5.62. The van der Waals surface area contributed by atoms with Gasteiger partial charge in [0.1, 0.15) is 0 Å². The number of nitrogens with zero attached hydrogens (tertiary/aromatic N) is 2. The molecule has 0 spiro atoms. The molecule has 0 aliphatic carbocycles. The fourth-order valence-electron chi connectivity index (χ4n) is 2.19. The molecule has 3 N–H and O–H groups in total. The van der Waals surface area contributed by atoms with Crippen LogP contribution in [-0.4, -0.2) is 80.8 Å². The number of carbonyl (C=O) groups excluding carboxylic acids is 1. The number of nitrogens with one attached hydrogen (secondary N) is 1. The number of piperazine rings is 1. The number of carbonyl (C=O) groups is 1. The van der Waals surface area contributed by atoms with E-state index in [1.165, 1.54) is 0 Å². The standard InChI is InChI=1S/C13H28N4O2/c1-13(2,11-14)17-7-5-16(6-8-17)10-12(18)15-4-9-19-3/h4-11,14H2,1-3H3,(H,15,18). The zero-order valence-electron chi connectivity index (χ0n) is 12.4. The van der Waals surface area contributed by atoms with Gasteiger partial charge in [0.05, 0.1) is 13.2 Å². The van der Waals surface area contributed by atoms with Gasteiger partial charge in [0.2, 0.25) is 5.91 Å². The SMILES string of the molecule is COCCNC(=O)CN1CCN(C(C)(C)CN)CC1. The van der Waals surface area contributed by atoms with Crippen molar-refractivity contribution >= 4 is 5.91 Å². The van der Waals surface area contributed by atoms with E-state index in [0.717, 1.165) is 26.2 Å². The molecule has 1 amide bonds. The van der Waals surface area contributed by atoms with Crippen molar-refractivity contribution in [2.24, 2.45) is 5.73 Å². The van der Waals surface area contributed by atoms with Crippen LogP contribution in [0.1, 0.15) is 13.8 Å². The van der Waals surface area contributed by atoms with Crippen molar-refractivity contribution in [3.63, 3.8) is 0 Å². The quantitative estimate of drug-likeness (QED) is 0.588. The maximum absolute atomic E-state index is 11.7. The summed E-state index contributed by atoms with van der Waals surface area (Å²) < 4.78 is 4.90. The van der Waals surface area contributed by atoms with Gasteiger partial charge in [-0.1, -0.05) is 0 Å². The van der Waals surface area contributed by atoms with Gasteiger partial charge in [-0.25, -0.2) is 0 Å². The van der Waals surface area contributed by atoms with Crippen molar-refractivity contribution in [1.82, 2.24) is 15.1 Å². The first kappa shape index (κ1) is 16.4. The minimum absolute atomic E-state index is 0.0484. The second-order valence-electron chi connectivity index (χ2n) is 5.62. The van der Waals surface area contributed by atoms with Crippen LogP contribution in [0.25, 0.3) is 0 Å². The lowest BCUT2D eigenvalue weighted by Gasteiger charge is -2.43. The zero-order chi connectivity index (χ0) is 14.3. The highest BCUT2D eigenvalue weighted by molar-refractivity contribution is 5.77. The number of methoxy groups -OCH3 is 1. The molecular formula is C13H28N4O2. The Hall–Kier alpha value is -0.690. The Morgan fingerprint density at radius 2 is 1.95 bits per heavy atom. The Labute approximate surface area is 116 Å². The number of amides is 1. The lowest BCUT2D eigenvalue weighted by molar-refractivity contribution is -0.123. The first-order valence-electron chi connectivity index (χ1n) is 6.92. The molecule has 0 aromatic heterocycles. The monoisotopic (exact) mass is 272 g/mol. The van der Waals surface area contributed by atoms with Crippen LogP contribution in [0, 0.1) is 0 Å². The predicted octanol–water partition coefficient (Wildman–Crippen LogP) is -0.896. The summed E-state index contributed by atoms with van der Waals surface area (Å²) >= 11 is 0. The maximum Gasteiger partial charge on any atom is 0.234 e. The summed E-state index contributed by atoms with van der Waals surface area (Å²) in [6.45, 7) is 10.4. The number of hydrogen-bond acceptors (Lipinski definition) is 5. The van der Waals surface area contributed by atoms with Crippen molar-refractivity contribution < 1.29 is 9.53 Å². The van der Waals surface area contributed by atoms with Crippen molar-refractivity contribution in [2.45, 2.75) is 19.4 Å². The number of hydrogen-bond donors (Lipinski definition) is 2. The summed E-state index contributed by atoms with van der Waals surface area (Å²) in [6.07, 6.45) is 0. The van der Waals surface area contributed by atoms with Crippen LogP contribution in [0.2, 0.25) is 0 Å². The molecule has 0 radical (unpaired) electrons. The molecule has 6 heteroatoms. The van der Waals surface area contributed by atoms with Gasteiger partial charge in [-0.3, -0.25) is 14.6 Å². The topological polar surface area (TPSA) is 70.8 Å². The Morgan fingerprint density at radius 3 is 2.47 bits per heavy atom. The largest absolute Gasteiger partial charge is 0.383 e. The Balaban J connectivity index is 2.25. The maximum atomic E-state index is 11.7. The first-order chi connectivity index (χ1) is 8.99. The van der Waals surface area contributed by atoms with E-state index in [9.17, 15) is 4.79 Å². The first-order valence-corrected chi connectivity index (χ1v) is 6.92. The minimum atomic E-state index is 0.0484. The van der Waals surface area contributed by atoms with Crippen LogP contribution in [0.3, 0.4) is 0 Å². The third kappa shape index (κ3) is 5.44. The van der Waals surface area contributed by atoms with E-state index in [1.807, 2.05) is 0 Å². The Bertz CT molecular complexity index is 276. The molecule has 0 unspecified atom stereocenters. The average molecular weight is 272 g/mol. The van der Waals surface area contributed by atoms with E-state index in [4.69, 9.17) is 10.5 Å². The molecule has 0 aromatic carbocycles. The van der Waals surface area contributed by atoms with Gasteiger partial charge in [0.25, 0.3) is 0 Å². The molecule has 0 bridgehead atoms. The van der Waals surface area contributed by atoms with Gasteiger partial charge in [0.15, 0.2) is 0 Å². The van der Waals surface area contributed by atoms with Gasteiger partial charge in [-0.15, -0.1) is 0 Å². The molecular weight excluding hydrogens is 244 g/mol. The molecule has 1 aliphatic rings. The summed E-state index contributed by atoms with van der Waals surface area (Å²) in [5.41, 5.74) is 5.84. The van der Waals surface area contributed by atoms with Crippen molar-refractivity contribution in [3.8, 4) is 0 Å². The van der Waals surface area contributed by atoms with Crippen LogP contribution in [0.5, 0.6) is 0 Å². The third-order valence-corrected chi connectivity index (χ3v) is 3.72. The van der Waals surface area contributed by atoms with Crippen molar-refractivity contribution in [2.75, 3.05) is 59.5 Å². The van der Waals surface area contributed by atoms with Crippen molar-refractivity contribution in [3.05, 3.63) is 0 Å². The molecule has 0 aromatic rings. The predicted molar refractivity (Wildman–Crippen MR) is 76.0 cm³/mol. The molecule has 6 nitrogen and oxygen atoms in total. The van der Waals surface area contributed by atoms with Gasteiger partial charge < -0.3 is 15.8 Å². The molecule has 1 fully saturated rings. The van der Waals surface area contributed by atoms with Gasteiger partial charge >= 0.3 is 0 Å². The number of nitrogens with two attached hydrogens (primary N) is 1. The molecule has 0 saturated carbocycles. The normalized spacial score (nSPS) is 18.5. The van der Waals surface area contributed by atoms with Gasteiger partial charge in [-0.2, -0.15) is 0 Å². The average Bonchev–Trinajstić information content (AvgIpc) is 2.39. The number of rotatable bonds is 7. The van der Waals surface area contributed by atoms with E-state index in [-0.39, 0.29) is 11.4 Å². The lowest BCUT2D eigenvalue weighted by Crippen LogP contribution is -2.58. The summed E-state index contributed by atoms with van der Waals surface area (Å²) in [5.74, 6) is 0.0728. The van der Waals surface area contributed by atoms with Crippen LogP contribution in [-0.2, 0) is 9.53 Å². The Kier molecular flexibility index (Phi) is 6.71. The zero-order valence-corrected chi connectivity index (χ0v) is 12.4. The fraction of sp³-hybridized carbons (Fsp3) is 0.923. The van der Waals surface area contributed by atoms with E-state index < -0.39 is 0 Å². The van der Waals surface area contributed by atoms with Crippen LogP contribution in [0.15, 0.2) is 0 Å². The smallest absolute Gasteiger partial charge is 0.234 e. The van der Waals surface area contributed by atoms with Gasteiger partial charge in [0, 0.05) is 51.9 Å². The minimum Gasteiger partial charge on any atom is -0.383 e. The molecule has 1 saturated heterocycles. The summed E-state index contributed by atoms with van der Waals surface area (Å²) in [7, 11) is 1.63. The highest BCUT2D eigenvalue weighted by Gasteiger charge is 2.28. The molecule has 112 valence electrons. The van der Waals surface area contributed by atoms with Crippen LogP contribution < -0.4 is 11.1 Å².